The van der Waals surface area contributed by atoms with Crippen LogP contribution in [0, 0.1) is 16.7 Å². The zero-order chi connectivity index (χ0) is 12.9. The fourth-order valence-corrected chi connectivity index (χ4v) is 2.27. The Morgan fingerprint density at radius 3 is 2.41 bits per heavy atom. The molecule has 1 unspecified atom stereocenters. The molecule has 1 aliphatic rings. The lowest BCUT2D eigenvalue weighted by atomic mass is 9.82. The van der Waals surface area contributed by atoms with Crippen LogP contribution < -0.4 is 5.32 Å². The van der Waals surface area contributed by atoms with E-state index in [2.05, 4.69) is 30.1 Å². The Labute approximate surface area is 106 Å². The van der Waals surface area contributed by atoms with Gasteiger partial charge in [0.1, 0.15) is 5.54 Å². The first-order valence-corrected chi connectivity index (χ1v) is 6.73. The maximum atomic E-state index is 9.06. The first kappa shape index (κ1) is 14.5. The van der Waals surface area contributed by atoms with Crippen LogP contribution in [0.3, 0.4) is 0 Å². The van der Waals surface area contributed by atoms with Crippen molar-refractivity contribution in [2.75, 3.05) is 26.7 Å². The van der Waals surface area contributed by atoms with Crippen LogP contribution in [0.15, 0.2) is 0 Å². The Morgan fingerprint density at radius 2 is 1.94 bits per heavy atom. The molecule has 0 aromatic heterocycles. The van der Waals surface area contributed by atoms with Crippen molar-refractivity contribution in [2.24, 2.45) is 5.41 Å². The van der Waals surface area contributed by atoms with Gasteiger partial charge in [0.25, 0.3) is 0 Å². The number of nitriles is 1. The van der Waals surface area contributed by atoms with Crippen LogP contribution in [0.2, 0.25) is 0 Å². The van der Waals surface area contributed by atoms with E-state index >= 15 is 0 Å². The second-order valence-corrected chi connectivity index (χ2v) is 6.30. The Balaban J connectivity index is 2.23. The molecule has 17 heavy (non-hydrogen) atoms. The summed E-state index contributed by atoms with van der Waals surface area (Å²) in [6, 6.07) is 2.35. The molecule has 1 heterocycles. The van der Waals surface area contributed by atoms with Gasteiger partial charge in [-0.15, -0.1) is 0 Å². The molecule has 1 saturated heterocycles. The third-order valence-electron chi connectivity index (χ3n) is 4.16. The van der Waals surface area contributed by atoms with Crippen molar-refractivity contribution in [3.05, 3.63) is 0 Å². The van der Waals surface area contributed by atoms with E-state index in [1.165, 1.54) is 25.9 Å². The van der Waals surface area contributed by atoms with Crippen LogP contribution in [0.25, 0.3) is 0 Å². The summed E-state index contributed by atoms with van der Waals surface area (Å²) in [5.74, 6) is 0. The summed E-state index contributed by atoms with van der Waals surface area (Å²) in [6.45, 7) is 10.3. The van der Waals surface area contributed by atoms with E-state index in [-0.39, 0.29) is 5.54 Å². The topological polar surface area (TPSA) is 39.1 Å². The number of rotatable bonds is 5. The van der Waals surface area contributed by atoms with Gasteiger partial charge in [-0.2, -0.15) is 5.26 Å². The number of nitrogens with zero attached hydrogens (tertiary/aromatic N) is 2. The number of piperidine rings is 1. The monoisotopic (exact) mass is 237 g/mol. The van der Waals surface area contributed by atoms with E-state index in [1.807, 2.05) is 14.0 Å². The highest BCUT2D eigenvalue weighted by Crippen LogP contribution is 2.29. The third-order valence-corrected chi connectivity index (χ3v) is 4.16. The summed E-state index contributed by atoms with van der Waals surface area (Å²) in [5, 5.41) is 12.2. The van der Waals surface area contributed by atoms with E-state index in [1.54, 1.807) is 0 Å². The number of likely N-dealkylation sites (tertiary alicyclic amines) is 1. The Morgan fingerprint density at radius 1 is 1.35 bits per heavy atom. The molecule has 0 aromatic rings. The molecule has 1 rings (SSSR count). The van der Waals surface area contributed by atoms with Crippen LogP contribution >= 0.6 is 0 Å². The molecule has 1 atom stereocenters. The van der Waals surface area contributed by atoms with Crippen LogP contribution in [0.1, 0.15) is 46.5 Å². The SMILES string of the molecule is CNC(C)(C#N)CCCN1CCC(C)(C)CC1. The van der Waals surface area contributed by atoms with Gasteiger partial charge in [-0.3, -0.25) is 0 Å². The molecule has 0 radical (unpaired) electrons. The average Bonchev–Trinajstić information content (AvgIpc) is 2.31. The van der Waals surface area contributed by atoms with Gasteiger partial charge in [0.05, 0.1) is 6.07 Å². The molecule has 3 nitrogen and oxygen atoms in total. The number of nitrogens with one attached hydrogen (secondary N) is 1. The van der Waals surface area contributed by atoms with Crippen LogP contribution in [0.4, 0.5) is 0 Å². The molecule has 3 heteroatoms. The van der Waals surface area contributed by atoms with Gasteiger partial charge in [0.15, 0.2) is 0 Å². The van der Waals surface area contributed by atoms with E-state index in [9.17, 15) is 0 Å². The van der Waals surface area contributed by atoms with Crippen molar-refractivity contribution in [3.8, 4) is 6.07 Å². The Hall–Kier alpha value is -0.590. The predicted octanol–water partition coefficient (Wildman–Crippen LogP) is 2.39. The fraction of sp³-hybridized carbons (Fsp3) is 0.929. The highest BCUT2D eigenvalue weighted by molar-refractivity contribution is 5.02. The lowest BCUT2D eigenvalue weighted by Gasteiger charge is -2.37. The minimum absolute atomic E-state index is 0.352. The summed E-state index contributed by atoms with van der Waals surface area (Å²) in [7, 11) is 1.87. The second-order valence-electron chi connectivity index (χ2n) is 6.30. The smallest absolute Gasteiger partial charge is 0.103 e. The molecule has 0 saturated carbocycles. The molecule has 0 aliphatic carbocycles. The minimum atomic E-state index is -0.352. The first-order chi connectivity index (χ1) is 7.91. The lowest BCUT2D eigenvalue weighted by Crippen LogP contribution is -2.41. The van der Waals surface area contributed by atoms with Gasteiger partial charge in [-0.05, 0) is 64.7 Å². The maximum absolute atomic E-state index is 9.06. The van der Waals surface area contributed by atoms with Crippen LogP contribution in [-0.4, -0.2) is 37.1 Å². The molecule has 1 aliphatic heterocycles. The molecular weight excluding hydrogens is 210 g/mol. The predicted molar refractivity (Wildman–Crippen MR) is 71.8 cm³/mol. The summed E-state index contributed by atoms with van der Waals surface area (Å²) >= 11 is 0. The highest BCUT2D eigenvalue weighted by Gasteiger charge is 2.26. The summed E-state index contributed by atoms with van der Waals surface area (Å²) in [4.78, 5) is 2.54. The summed E-state index contributed by atoms with van der Waals surface area (Å²) in [5.41, 5.74) is 0.178. The zero-order valence-corrected chi connectivity index (χ0v) is 11.8. The maximum Gasteiger partial charge on any atom is 0.103 e. The van der Waals surface area contributed by atoms with Crippen molar-refractivity contribution in [1.82, 2.24) is 10.2 Å². The molecule has 98 valence electrons. The van der Waals surface area contributed by atoms with Crippen molar-refractivity contribution in [1.29, 1.82) is 5.26 Å². The van der Waals surface area contributed by atoms with Gasteiger partial charge in [0.2, 0.25) is 0 Å². The average molecular weight is 237 g/mol. The van der Waals surface area contributed by atoms with E-state index < -0.39 is 0 Å². The Bertz CT molecular complexity index is 270. The first-order valence-electron chi connectivity index (χ1n) is 6.73. The zero-order valence-electron chi connectivity index (χ0n) is 11.8. The molecular formula is C14H27N3. The second kappa shape index (κ2) is 5.84. The summed E-state index contributed by atoms with van der Waals surface area (Å²) in [6.07, 6.45) is 4.63. The Kier molecular flexibility index (Phi) is 4.97. The highest BCUT2D eigenvalue weighted by atomic mass is 15.1. The quantitative estimate of drug-likeness (QED) is 0.798. The third kappa shape index (κ3) is 4.65. The van der Waals surface area contributed by atoms with Gasteiger partial charge >= 0.3 is 0 Å². The standard InChI is InChI=1S/C14H27N3/c1-13(2)7-10-17(11-8-13)9-5-6-14(3,12-15)16-4/h16H,5-11H2,1-4H3. The normalized spacial score (nSPS) is 23.9. The molecule has 1 N–H and O–H groups in total. The largest absolute Gasteiger partial charge is 0.303 e. The van der Waals surface area contributed by atoms with Crippen molar-refractivity contribution >= 4 is 0 Å². The minimum Gasteiger partial charge on any atom is -0.303 e. The molecule has 0 amide bonds. The van der Waals surface area contributed by atoms with Crippen molar-refractivity contribution in [3.63, 3.8) is 0 Å². The van der Waals surface area contributed by atoms with Gasteiger partial charge in [0, 0.05) is 0 Å². The summed E-state index contributed by atoms with van der Waals surface area (Å²) < 4.78 is 0. The van der Waals surface area contributed by atoms with Crippen molar-refractivity contribution in [2.45, 2.75) is 52.0 Å². The van der Waals surface area contributed by atoms with Crippen LogP contribution in [0.5, 0.6) is 0 Å². The van der Waals surface area contributed by atoms with Gasteiger partial charge in [-0.25, -0.2) is 0 Å². The van der Waals surface area contributed by atoms with E-state index in [4.69, 9.17) is 5.26 Å². The van der Waals surface area contributed by atoms with Crippen LogP contribution in [-0.2, 0) is 0 Å². The van der Waals surface area contributed by atoms with Gasteiger partial charge < -0.3 is 10.2 Å². The van der Waals surface area contributed by atoms with E-state index in [0.717, 1.165) is 19.4 Å². The van der Waals surface area contributed by atoms with E-state index in [0.29, 0.717) is 5.41 Å². The lowest BCUT2D eigenvalue weighted by molar-refractivity contribution is 0.129. The number of hydrogen-bond donors (Lipinski definition) is 1. The molecule has 0 aromatic carbocycles. The molecule has 0 bridgehead atoms. The fourth-order valence-electron chi connectivity index (χ4n) is 2.27. The number of hydrogen-bond acceptors (Lipinski definition) is 3. The molecule has 1 fully saturated rings. The van der Waals surface area contributed by atoms with Crippen molar-refractivity contribution < 1.29 is 0 Å². The molecule has 0 spiro atoms. The van der Waals surface area contributed by atoms with Gasteiger partial charge in [-0.1, -0.05) is 13.8 Å².